The fourth-order valence-electron chi connectivity index (χ4n) is 2.09. The molecule has 0 saturated heterocycles. The Morgan fingerprint density at radius 3 is 2.58 bits per heavy atom. The lowest BCUT2D eigenvalue weighted by Crippen LogP contribution is -2.41. The molecule has 5 heteroatoms. The summed E-state index contributed by atoms with van der Waals surface area (Å²) in [5.74, 6) is 0.535. The van der Waals surface area contributed by atoms with Crippen LogP contribution in [0.2, 0.25) is 0 Å². The molecule has 0 radical (unpaired) electrons. The maximum absolute atomic E-state index is 12.7. The molecule has 0 heterocycles. The van der Waals surface area contributed by atoms with Gasteiger partial charge >= 0.3 is 0 Å². The van der Waals surface area contributed by atoms with Gasteiger partial charge in [-0.1, -0.05) is 29.8 Å². The molecule has 0 spiro atoms. The van der Waals surface area contributed by atoms with E-state index in [1.54, 1.807) is 0 Å². The standard InChI is InChI=1S/C14H18BrClINO/c1-3-11(4-2)18(8-7-16)14(19)12-9-10(15)5-6-13(12)17/h5-6,9,11H,3-4,7-8H2,1-2H3. The highest BCUT2D eigenvalue weighted by atomic mass is 127. The van der Waals surface area contributed by atoms with E-state index in [9.17, 15) is 4.79 Å². The predicted octanol–water partition coefficient (Wildman–Crippen LogP) is 4.92. The minimum absolute atomic E-state index is 0.0695. The number of hydrogen-bond acceptors (Lipinski definition) is 1. The first-order chi connectivity index (χ1) is 9.04. The van der Waals surface area contributed by atoms with Crippen LogP contribution in [0.25, 0.3) is 0 Å². The Balaban J connectivity index is 3.08. The lowest BCUT2D eigenvalue weighted by atomic mass is 10.1. The van der Waals surface area contributed by atoms with Gasteiger partial charge in [-0.25, -0.2) is 0 Å². The normalized spacial score (nSPS) is 10.8. The fourth-order valence-corrected chi connectivity index (χ4v) is 3.20. The summed E-state index contributed by atoms with van der Waals surface area (Å²) in [7, 11) is 0. The molecule has 0 bridgehead atoms. The summed E-state index contributed by atoms with van der Waals surface area (Å²) >= 11 is 11.5. The highest BCUT2D eigenvalue weighted by Crippen LogP contribution is 2.22. The molecule has 1 aromatic rings. The average molecular weight is 459 g/mol. The highest BCUT2D eigenvalue weighted by Gasteiger charge is 2.23. The molecule has 1 amide bonds. The molecular formula is C14H18BrClINO. The maximum atomic E-state index is 12.7. The number of nitrogens with zero attached hydrogens (tertiary/aromatic N) is 1. The first-order valence-electron chi connectivity index (χ1n) is 6.37. The van der Waals surface area contributed by atoms with Crippen molar-refractivity contribution < 1.29 is 4.79 Å². The maximum Gasteiger partial charge on any atom is 0.255 e. The van der Waals surface area contributed by atoms with Crippen LogP contribution < -0.4 is 0 Å². The topological polar surface area (TPSA) is 20.3 Å². The Morgan fingerprint density at radius 2 is 2.05 bits per heavy atom. The van der Waals surface area contributed by atoms with E-state index in [4.69, 9.17) is 11.6 Å². The summed E-state index contributed by atoms with van der Waals surface area (Å²) in [6.45, 7) is 4.80. The molecule has 0 atom stereocenters. The summed E-state index contributed by atoms with van der Waals surface area (Å²) in [6, 6.07) is 6.03. The minimum Gasteiger partial charge on any atom is -0.334 e. The number of benzene rings is 1. The van der Waals surface area contributed by atoms with Gasteiger partial charge < -0.3 is 4.90 Å². The number of hydrogen-bond donors (Lipinski definition) is 0. The molecule has 0 aliphatic heterocycles. The summed E-state index contributed by atoms with van der Waals surface area (Å²) < 4.78 is 1.89. The molecule has 19 heavy (non-hydrogen) atoms. The third kappa shape index (κ3) is 4.60. The van der Waals surface area contributed by atoms with Crippen molar-refractivity contribution in [1.82, 2.24) is 4.90 Å². The largest absolute Gasteiger partial charge is 0.334 e. The van der Waals surface area contributed by atoms with Crippen molar-refractivity contribution in [1.29, 1.82) is 0 Å². The molecule has 0 unspecified atom stereocenters. The summed E-state index contributed by atoms with van der Waals surface area (Å²) in [6.07, 6.45) is 1.90. The van der Waals surface area contributed by atoms with Crippen LogP contribution in [0, 0.1) is 3.57 Å². The lowest BCUT2D eigenvalue weighted by molar-refractivity contribution is 0.0680. The molecule has 0 aromatic heterocycles. The van der Waals surface area contributed by atoms with Gasteiger partial charge in [0.25, 0.3) is 5.91 Å². The number of carbonyl (C=O) groups is 1. The van der Waals surface area contributed by atoms with Crippen molar-refractivity contribution in [2.75, 3.05) is 12.4 Å². The van der Waals surface area contributed by atoms with Gasteiger partial charge in [-0.15, -0.1) is 11.6 Å². The van der Waals surface area contributed by atoms with Crippen LogP contribution in [0.4, 0.5) is 0 Å². The van der Waals surface area contributed by atoms with Crippen molar-refractivity contribution in [2.24, 2.45) is 0 Å². The van der Waals surface area contributed by atoms with Crippen LogP contribution in [-0.2, 0) is 0 Å². The minimum atomic E-state index is 0.0695. The van der Waals surface area contributed by atoms with E-state index in [0.717, 1.165) is 26.4 Å². The summed E-state index contributed by atoms with van der Waals surface area (Å²) in [5.41, 5.74) is 0.743. The Morgan fingerprint density at radius 1 is 1.42 bits per heavy atom. The van der Waals surface area contributed by atoms with E-state index in [1.165, 1.54) is 0 Å². The first-order valence-corrected chi connectivity index (χ1v) is 8.77. The van der Waals surface area contributed by atoms with Crippen molar-refractivity contribution in [3.8, 4) is 0 Å². The fraction of sp³-hybridized carbons (Fsp3) is 0.500. The van der Waals surface area contributed by atoms with Gasteiger partial charge in [-0.05, 0) is 53.6 Å². The third-order valence-electron chi connectivity index (χ3n) is 3.13. The summed E-state index contributed by atoms with van der Waals surface area (Å²) in [5, 5.41) is 0. The van der Waals surface area contributed by atoms with Gasteiger partial charge in [-0.3, -0.25) is 4.79 Å². The zero-order valence-corrected chi connectivity index (χ0v) is 15.6. The summed E-state index contributed by atoms with van der Waals surface area (Å²) in [4.78, 5) is 14.6. The van der Waals surface area contributed by atoms with Gasteiger partial charge in [0.2, 0.25) is 0 Å². The molecule has 0 saturated carbocycles. The van der Waals surface area contributed by atoms with Crippen LogP contribution in [0.5, 0.6) is 0 Å². The first kappa shape index (κ1) is 17.2. The zero-order chi connectivity index (χ0) is 14.4. The van der Waals surface area contributed by atoms with Crippen LogP contribution in [0.3, 0.4) is 0 Å². The van der Waals surface area contributed by atoms with E-state index in [0.29, 0.717) is 12.4 Å². The molecule has 1 aromatic carbocycles. The number of amides is 1. The molecular weight excluding hydrogens is 440 g/mol. The van der Waals surface area contributed by atoms with Gasteiger partial charge in [0, 0.05) is 26.5 Å². The molecule has 2 nitrogen and oxygen atoms in total. The molecule has 0 fully saturated rings. The second-order valence-corrected chi connectivity index (χ2v) is 6.74. The average Bonchev–Trinajstić information content (AvgIpc) is 2.41. The van der Waals surface area contributed by atoms with Crippen LogP contribution >= 0.6 is 50.1 Å². The Hall–Kier alpha value is 0.190. The Labute approximate surface area is 142 Å². The SMILES string of the molecule is CCC(CC)N(CCCl)C(=O)c1cc(Br)ccc1I. The monoisotopic (exact) mass is 457 g/mol. The molecule has 106 valence electrons. The second kappa shape index (κ2) is 8.47. The van der Waals surface area contributed by atoms with Crippen LogP contribution in [0.15, 0.2) is 22.7 Å². The van der Waals surface area contributed by atoms with E-state index >= 15 is 0 Å². The molecule has 1 rings (SSSR count). The van der Waals surface area contributed by atoms with Gasteiger partial charge in [0.1, 0.15) is 0 Å². The third-order valence-corrected chi connectivity index (χ3v) is 4.73. The molecule has 0 aliphatic rings. The zero-order valence-electron chi connectivity index (χ0n) is 11.1. The Bertz CT molecular complexity index is 437. The van der Waals surface area contributed by atoms with Crippen molar-refractivity contribution >= 4 is 56.0 Å². The number of carbonyl (C=O) groups excluding carboxylic acids is 1. The van der Waals surface area contributed by atoms with E-state index in [-0.39, 0.29) is 11.9 Å². The smallest absolute Gasteiger partial charge is 0.255 e. The van der Waals surface area contributed by atoms with Gasteiger partial charge in [0.15, 0.2) is 0 Å². The number of halogens is 3. The highest BCUT2D eigenvalue weighted by molar-refractivity contribution is 14.1. The predicted molar refractivity (Wildman–Crippen MR) is 93.0 cm³/mol. The number of rotatable bonds is 6. The van der Waals surface area contributed by atoms with E-state index < -0.39 is 0 Å². The lowest BCUT2D eigenvalue weighted by Gasteiger charge is -2.30. The van der Waals surface area contributed by atoms with E-state index in [1.807, 2.05) is 23.1 Å². The number of alkyl halides is 1. The van der Waals surface area contributed by atoms with Gasteiger partial charge in [-0.2, -0.15) is 0 Å². The van der Waals surface area contributed by atoms with E-state index in [2.05, 4.69) is 52.4 Å². The van der Waals surface area contributed by atoms with Crippen molar-refractivity contribution in [3.05, 3.63) is 31.8 Å². The molecule has 0 aliphatic carbocycles. The second-order valence-electron chi connectivity index (χ2n) is 4.28. The quantitative estimate of drug-likeness (QED) is 0.438. The van der Waals surface area contributed by atoms with Crippen LogP contribution in [-0.4, -0.2) is 29.3 Å². The molecule has 0 N–H and O–H groups in total. The van der Waals surface area contributed by atoms with Crippen molar-refractivity contribution in [3.63, 3.8) is 0 Å². The Kier molecular flexibility index (Phi) is 7.69. The van der Waals surface area contributed by atoms with Crippen LogP contribution in [0.1, 0.15) is 37.0 Å². The van der Waals surface area contributed by atoms with Crippen molar-refractivity contribution in [2.45, 2.75) is 32.7 Å². The van der Waals surface area contributed by atoms with Gasteiger partial charge in [0.05, 0.1) is 5.56 Å².